The molecule has 3 aromatic heterocycles. The highest BCUT2D eigenvalue weighted by Gasteiger charge is 2.37. The van der Waals surface area contributed by atoms with Crippen molar-refractivity contribution in [3.8, 4) is 21.9 Å². The monoisotopic (exact) mass is 629 g/mol. The highest BCUT2D eigenvalue weighted by molar-refractivity contribution is 7.21. The molecule has 0 aliphatic carbocycles. The lowest BCUT2D eigenvalue weighted by atomic mass is 10.0. The number of hydrogen-bond acceptors (Lipinski definition) is 8. The van der Waals surface area contributed by atoms with E-state index in [1.165, 1.54) is 11.3 Å². The largest absolute Gasteiger partial charge is 0.490 e. The molecule has 0 radical (unpaired) electrons. The molecule has 2 N–H and O–H groups in total. The molecule has 0 spiro atoms. The van der Waals surface area contributed by atoms with E-state index in [9.17, 15) is 22.8 Å². The molecular formula is C29H19ClF3N3O4S2. The zero-order valence-electron chi connectivity index (χ0n) is 21.5. The molecule has 5 aromatic rings. The van der Waals surface area contributed by atoms with Crippen LogP contribution >= 0.6 is 34.3 Å². The highest BCUT2D eigenvalue weighted by atomic mass is 35.5. The van der Waals surface area contributed by atoms with Crippen LogP contribution in [0.15, 0.2) is 66.0 Å². The lowest BCUT2D eigenvalue weighted by Crippen LogP contribution is -2.37. The molecule has 0 saturated carbocycles. The first-order chi connectivity index (χ1) is 20.1. The molecule has 6 rings (SSSR count). The zero-order valence-corrected chi connectivity index (χ0v) is 23.9. The second kappa shape index (κ2) is 10.9. The standard InChI is InChI=1S/C29H19ClF3N3O4S2/c1-2-39-19-12-14(9-10-18(19)40-28(38)15-6-3-4-7-17(15)30)25-35-23-22-16(20-8-5-11-41-20)13-21(29(31,32)33)34-27(22)42-24(23)26(37)36-25/h3-13,25,35H,2H2,1H3,(H,36,37)/t25-/m1/s1. The van der Waals surface area contributed by atoms with Gasteiger partial charge in [0, 0.05) is 15.8 Å². The molecule has 0 unspecified atom stereocenters. The second-order valence-corrected chi connectivity index (χ2v) is 11.4. The molecule has 13 heteroatoms. The van der Waals surface area contributed by atoms with Gasteiger partial charge in [-0.1, -0.05) is 35.9 Å². The number of esters is 1. The molecule has 0 fully saturated rings. The first kappa shape index (κ1) is 28.0. The third-order valence-corrected chi connectivity index (χ3v) is 8.72. The van der Waals surface area contributed by atoms with Crippen molar-refractivity contribution in [2.45, 2.75) is 19.3 Å². The molecule has 1 aliphatic rings. The molecule has 1 atom stereocenters. The van der Waals surface area contributed by atoms with Crippen molar-refractivity contribution in [3.05, 3.63) is 92.8 Å². The maximum atomic E-state index is 13.7. The van der Waals surface area contributed by atoms with E-state index in [2.05, 4.69) is 15.6 Å². The third kappa shape index (κ3) is 5.17. The Kier molecular flexibility index (Phi) is 7.29. The number of halogens is 4. The van der Waals surface area contributed by atoms with Gasteiger partial charge in [0.2, 0.25) is 0 Å². The normalized spacial score (nSPS) is 14.7. The van der Waals surface area contributed by atoms with Crippen LogP contribution in [0.25, 0.3) is 20.7 Å². The minimum absolute atomic E-state index is 0.0957. The molecule has 1 aliphatic heterocycles. The van der Waals surface area contributed by atoms with Gasteiger partial charge in [0.25, 0.3) is 5.91 Å². The lowest BCUT2D eigenvalue weighted by Gasteiger charge is -2.27. The first-order valence-electron chi connectivity index (χ1n) is 12.5. The number of pyridine rings is 1. The Morgan fingerprint density at radius 1 is 1.07 bits per heavy atom. The predicted molar refractivity (Wildman–Crippen MR) is 156 cm³/mol. The number of carbonyl (C=O) groups is 2. The van der Waals surface area contributed by atoms with Gasteiger partial charge in [0.15, 0.2) is 11.5 Å². The topological polar surface area (TPSA) is 89.6 Å². The summed E-state index contributed by atoms with van der Waals surface area (Å²) in [6.07, 6.45) is -5.43. The summed E-state index contributed by atoms with van der Waals surface area (Å²) < 4.78 is 52.4. The number of carbonyl (C=O) groups excluding carboxylic acids is 2. The van der Waals surface area contributed by atoms with Gasteiger partial charge in [0.05, 0.1) is 22.9 Å². The fourth-order valence-electron chi connectivity index (χ4n) is 4.55. The van der Waals surface area contributed by atoms with Crippen LogP contribution < -0.4 is 20.1 Å². The summed E-state index contributed by atoms with van der Waals surface area (Å²) in [6, 6.07) is 15.8. The van der Waals surface area contributed by atoms with E-state index >= 15 is 0 Å². The second-order valence-electron chi connectivity index (χ2n) is 9.08. The first-order valence-corrected chi connectivity index (χ1v) is 14.6. The molecule has 1 amide bonds. The molecule has 0 bridgehead atoms. The average molecular weight is 630 g/mol. The molecule has 2 aromatic carbocycles. The van der Waals surface area contributed by atoms with E-state index in [1.54, 1.807) is 66.9 Å². The molecule has 214 valence electrons. The van der Waals surface area contributed by atoms with Crippen molar-refractivity contribution in [1.82, 2.24) is 10.3 Å². The van der Waals surface area contributed by atoms with Gasteiger partial charge in [-0.2, -0.15) is 13.2 Å². The number of ether oxygens (including phenoxy) is 2. The zero-order chi connectivity index (χ0) is 29.6. The smallest absolute Gasteiger partial charge is 0.433 e. The Balaban J connectivity index is 1.38. The van der Waals surface area contributed by atoms with E-state index < -0.39 is 29.9 Å². The summed E-state index contributed by atoms with van der Waals surface area (Å²) in [5.74, 6) is -0.726. The van der Waals surface area contributed by atoms with E-state index in [0.29, 0.717) is 27.1 Å². The number of nitrogens with zero attached hydrogens (tertiary/aromatic N) is 1. The number of anilines is 1. The van der Waals surface area contributed by atoms with Gasteiger partial charge in [-0.3, -0.25) is 4.79 Å². The average Bonchev–Trinajstić information content (AvgIpc) is 3.62. The molecule has 42 heavy (non-hydrogen) atoms. The van der Waals surface area contributed by atoms with Gasteiger partial charge < -0.3 is 20.1 Å². The number of nitrogens with one attached hydrogen (secondary N) is 2. The maximum absolute atomic E-state index is 13.7. The molecule has 7 nitrogen and oxygen atoms in total. The Morgan fingerprint density at radius 3 is 2.60 bits per heavy atom. The van der Waals surface area contributed by atoms with Crippen LogP contribution in [0.5, 0.6) is 11.5 Å². The fourth-order valence-corrected chi connectivity index (χ4v) is 6.58. The van der Waals surface area contributed by atoms with Crippen molar-refractivity contribution in [2.75, 3.05) is 11.9 Å². The molecule has 4 heterocycles. The van der Waals surface area contributed by atoms with Gasteiger partial charge in [-0.15, -0.1) is 22.7 Å². The number of rotatable bonds is 6. The summed E-state index contributed by atoms with van der Waals surface area (Å²) in [4.78, 5) is 30.8. The summed E-state index contributed by atoms with van der Waals surface area (Å²) in [6.45, 7) is 2.03. The van der Waals surface area contributed by atoms with Crippen LogP contribution in [0.3, 0.4) is 0 Å². The fraction of sp³-hybridized carbons (Fsp3) is 0.138. The minimum Gasteiger partial charge on any atom is -0.490 e. The Morgan fingerprint density at radius 2 is 1.88 bits per heavy atom. The molecule has 0 saturated heterocycles. The van der Waals surface area contributed by atoms with Crippen LogP contribution in [0.1, 0.15) is 44.4 Å². The number of aromatic nitrogens is 1. The van der Waals surface area contributed by atoms with Crippen molar-refractivity contribution >= 4 is 62.1 Å². The Labute approximate surface area is 249 Å². The SMILES string of the molecule is CCOc1cc([C@H]2NC(=O)c3sc4nc(C(F)(F)F)cc(-c5cccs5)c4c3N2)ccc1OC(=O)c1ccccc1Cl. The van der Waals surface area contributed by atoms with Gasteiger partial charge in [-0.05, 0) is 54.3 Å². The number of fused-ring (bicyclic) bond motifs is 3. The van der Waals surface area contributed by atoms with Crippen LogP contribution in [-0.4, -0.2) is 23.5 Å². The Hall–Kier alpha value is -4.13. The number of hydrogen-bond donors (Lipinski definition) is 2. The van der Waals surface area contributed by atoms with E-state index in [0.717, 1.165) is 17.4 Å². The number of thiophene rings is 2. The maximum Gasteiger partial charge on any atom is 0.433 e. The lowest BCUT2D eigenvalue weighted by molar-refractivity contribution is -0.140. The summed E-state index contributed by atoms with van der Waals surface area (Å²) in [5, 5.41) is 8.56. The number of amides is 1. The minimum atomic E-state index is -4.66. The third-order valence-electron chi connectivity index (χ3n) is 6.41. The summed E-state index contributed by atoms with van der Waals surface area (Å²) in [7, 11) is 0. The van der Waals surface area contributed by atoms with Crippen molar-refractivity contribution in [1.29, 1.82) is 0 Å². The van der Waals surface area contributed by atoms with Crippen LogP contribution in [0, 0.1) is 0 Å². The summed E-state index contributed by atoms with van der Waals surface area (Å²) in [5.41, 5.74) is 0.440. The number of benzene rings is 2. The van der Waals surface area contributed by atoms with Crippen LogP contribution in [0.2, 0.25) is 5.02 Å². The van der Waals surface area contributed by atoms with E-state index in [4.69, 9.17) is 21.1 Å². The van der Waals surface area contributed by atoms with Crippen molar-refractivity contribution in [2.24, 2.45) is 0 Å². The highest BCUT2D eigenvalue weighted by Crippen LogP contribution is 2.47. The van der Waals surface area contributed by atoms with E-state index in [1.807, 2.05) is 0 Å². The molecular weight excluding hydrogens is 611 g/mol. The predicted octanol–water partition coefficient (Wildman–Crippen LogP) is 8.17. The van der Waals surface area contributed by atoms with Gasteiger partial charge in [-0.25, -0.2) is 9.78 Å². The van der Waals surface area contributed by atoms with Crippen LogP contribution in [-0.2, 0) is 6.18 Å². The number of alkyl halides is 3. The van der Waals surface area contributed by atoms with Crippen molar-refractivity contribution in [3.63, 3.8) is 0 Å². The van der Waals surface area contributed by atoms with E-state index in [-0.39, 0.29) is 38.4 Å². The Bertz CT molecular complexity index is 1840. The summed E-state index contributed by atoms with van der Waals surface area (Å²) >= 11 is 8.32. The van der Waals surface area contributed by atoms with Gasteiger partial charge >= 0.3 is 12.1 Å². The van der Waals surface area contributed by atoms with Crippen LogP contribution in [0.4, 0.5) is 18.9 Å². The quantitative estimate of drug-likeness (QED) is 0.145. The van der Waals surface area contributed by atoms with Crippen molar-refractivity contribution < 1.29 is 32.2 Å². The van der Waals surface area contributed by atoms with Gasteiger partial charge in [0.1, 0.15) is 21.6 Å².